The molecule has 130 valence electrons. The molecule has 0 aliphatic carbocycles. The molecule has 1 aliphatic heterocycles. The molecule has 1 heterocycles. The molecule has 3 rings (SSSR count). The fourth-order valence-corrected chi connectivity index (χ4v) is 3.63. The van der Waals surface area contributed by atoms with Crippen molar-refractivity contribution in [2.45, 2.75) is 26.3 Å². The van der Waals surface area contributed by atoms with Gasteiger partial charge in [0.2, 0.25) is 0 Å². The Morgan fingerprint density at radius 3 is 2.64 bits per heavy atom. The number of hydrogen-bond acceptors (Lipinski definition) is 3. The van der Waals surface area contributed by atoms with Crippen LogP contribution in [0.1, 0.15) is 46.0 Å². The van der Waals surface area contributed by atoms with E-state index >= 15 is 0 Å². The third kappa shape index (κ3) is 4.56. The Balaban J connectivity index is 1.68. The van der Waals surface area contributed by atoms with Crippen molar-refractivity contribution >= 4 is 23.2 Å². The highest BCUT2D eigenvalue weighted by Crippen LogP contribution is 2.24. The number of carbonyl (C=O) groups is 2. The molecule has 4 heteroatoms. The van der Waals surface area contributed by atoms with Gasteiger partial charge in [0, 0.05) is 35.2 Å². The van der Waals surface area contributed by atoms with Crippen molar-refractivity contribution in [1.82, 2.24) is 4.90 Å². The molecule has 1 atom stereocenters. The Bertz CT molecular complexity index is 787. The van der Waals surface area contributed by atoms with Crippen LogP contribution in [0.2, 0.25) is 5.02 Å². The maximum atomic E-state index is 12.8. The number of nitrogens with zero attached hydrogens (tertiary/aromatic N) is 1. The van der Waals surface area contributed by atoms with Crippen molar-refractivity contribution in [3.8, 4) is 0 Å². The van der Waals surface area contributed by atoms with Crippen LogP contribution in [0.3, 0.4) is 0 Å². The van der Waals surface area contributed by atoms with E-state index in [1.807, 2.05) is 36.4 Å². The maximum Gasteiger partial charge on any atom is 0.167 e. The van der Waals surface area contributed by atoms with E-state index in [4.69, 9.17) is 11.6 Å². The summed E-state index contributed by atoms with van der Waals surface area (Å²) in [6.45, 7) is 4.07. The highest BCUT2D eigenvalue weighted by molar-refractivity contribution is 6.31. The predicted molar refractivity (Wildman–Crippen MR) is 100 cm³/mol. The van der Waals surface area contributed by atoms with Crippen LogP contribution < -0.4 is 0 Å². The van der Waals surface area contributed by atoms with Crippen LogP contribution >= 0.6 is 11.6 Å². The first kappa shape index (κ1) is 17.8. The van der Waals surface area contributed by atoms with E-state index in [1.165, 1.54) is 0 Å². The number of carbonyl (C=O) groups excluding carboxylic acids is 2. The van der Waals surface area contributed by atoms with Gasteiger partial charge in [0.05, 0.1) is 0 Å². The maximum absolute atomic E-state index is 12.8. The second kappa shape index (κ2) is 7.94. The number of ketones is 2. The van der Waals surface area contributed by atoms with Crippen molar-refractivity contribution in [2.24, 2.45) is 5.92 Å². The lowest BCUT2D eigenvalue weighted by Gasteiger charge is -2.32. The van der Waals surface area contributed by atoms with E-state index in [-0.39, 0.29) is 17.5 Å². The first-order valence-electron chi connectivity index (χ1n) is 8.65. The number of Topliss-reactive ketones (excluding diaryl/α,β-unsaturated/α-hetero) is 2. The highest BCUT2D eigenvalue weighted by atomic mass is 35.5. The molecule has 0 bridgehead atoms. The van der Waals surface area contributed by atoms with E-state index in [1.54, 1.807) is 19.1 Å². The number of halogens is 1. The zero-order valence-corrected chi connectivity index (χ0v) is 15.1. The lowest BCUT2D eigenvalue weighted by atomic mass is 9.90. The largest absolute Gasteiger partial charge is 0.298 e. The third-order valence-corrected chi connectivity index (χ3v) is 4.96. The zero-order valence-electron chi connectivity index (χ0n) is 14.4. The molecule has 3 nitrogen and oxygen atoms in total. The van der Waals surface area contributed by atoms with Crippen LogP contribution in [-0.4, -0.2) is 29.6 Å². The lowest BCUT2D eigenvalue weighted by Crippen LogP contribution is -2.38. The molecular formula is C21H22ClNO2. The highest BCUT2D eigenvalue weighted by Gasteiger charge is 2.26. The van der Waals surface area contributed by atoms with Crippen molar-refractivity contribution in [3.63, 3.8) is 0 Å². The summed E-state index contributed by atoms with van der Waals surface area (Å²) in [6.07, 6.45) is 1.92. The van der Waals surface area contributed by atoms with Crippen LogP contribution in [-0.2, 0) is 6.54 Å². The summed E-state index contributed by atoms with van der Waals surface area (Å²) in [5.74, 6) is 0.252. The summed E-state index contributed by atoms with van der Waals surface area (Å²) in [7, 11) is 0. The average molecular weight is 356 g/mol. The van der Waals surface area contributed by atoms with Crippen LogP contribution in [0.5, 0.6) is 0 Å². The molecule has 2 aromatic carbocycles. The molecule has 25 heavy (non-hydrogen) atoms. The Kier molecular flexibility index (Phi) is 5.67. The van der Waals surface area contributed by atoms with Gasteiger partial charge < -0.3 is 0 Å². The topological polar surface area (TPSA) is 37.4 Å². The second-order valence-corrected chi connectivity index (χ2v) is 7.14. The summed E-state index contributed by atoms with van der Waals surface area (Å²) in [5, 5.41) is 0.597. The number of rotatable bonds is 5. The number of piperidine rings is 1. The smallest absolute Gasteiger partial charge is 0.167 e. The summed E-state index contributed by atoms with van der Waals surface area (Å²) in [4.78, 5) is 26.6. The fraction of sp³-hybridized carbons (Fsp3) is 0.333. The van der Waals surface area contributed by atoms with E-state index in [0.717, 1.165) is 43.6 Å². The van der Waals surface area contributed by atoms with Gasteiger partial charge in [0.1, 0.15) is 0 Å². The molecule has 2 aromatic rings. The van der Waals surface area contributed by atoms with Gasteiger partial charge >= 0.3 is 0 Å². The minimum absolute atomic E-state index is 0.00297. The molecule has 1 saturated heterocycles. The normalized spacial score (nSPS) is 18.1. The van der Waals surface area contributed by atoms with Gasteiger partial charge in [-0.2, -0.15) is 0 Å². The minimum atomic E-state index is 0.00297. The molecule has 0 aromatic heterocycles. The first-order chi connectivity index (χ1) is 12.0. The van der Waals surface area contributed by atoms with Crippen LogP contribution in [0.25, 0.3) is 0 Å². The van der Waals surface area contributed by atoms with E-state index in [2.05, 4.69) is 4.90 Å². The lowest BCUT2D eigenvalue weighted by molar-refractivity contribution is 0.0811. The summed E-state index contributed by atoms with van der Waals surface area (Å²) in [5.41, 5.74) is 2.54. The predicted octanol–water partition coefficient (Wildman–Crippen LogP) is 4.64. The van der Waals surface area contributed by atoms with Gasteiger partial charge in [0.15, 0.2) is 11.6 Å². The molecule has 0 amide bonds. The van der Waals surface area contributed by atoms with Crippen molar-refractivity contribution in [1.29, 1.82) is 0 Å². The van der Waals surface area contributed by atoms with Gasteiger partial charge in [-0.15, -0.1) is 0 Å². The van der Waals surface area contributed by atoms with Gasteiger partial charge in [-0.3, -0.25) is 14.5 Å². The summed E-state index contributed by atoms with van der Waals surface area (Å²) >= 11 is 6.01. The zero-order chi connectivity index (χ0) is 17.8. The molecule has 0 N–H and O–H groups in total. The fourth-order valence-electron chi connectivity index (χ4n) is 3.44. The van der Waals surface area contributed by atoms with Gasteiger partial charge in [-0.25, -0.2) is 0 Å². The summed E-state index contributed by atoms with van der Waals surface area (Å²) in [6, 6.07) is 14.9. The van der Waals surface area contributed by atoms with E-state index in [9.17, 15) is 9.59 Å². The molecule has 1 fully saturated rings. The van der Waals surface area contributed by atoms with Crippen molar-refractivity contribution < 1.29 is 9.59 Å². The van der Waals surface area contributed by atoms with E-state index in [0.29, 0.717) is 10.6 Å². The van der Waals surface area contributed by atoms with Crippen molar-refractivity contribution in [3.05, 3.63) is 70.2 Å². The van der Waals surface area contributed by atoms with Gasteiger partial charge in [0.25, 0.3) is 0 Å². The Hall–Kier alpha value is -1.97. The standard InChI is InChI=1S/C21H22ClNO2/c1-15(24)17-6-2-5-16(11-17)13-23-10-4-8-19(14-23)21(25)18-7-3-9-20(22)12-18/h2-3,5-7,9,11-12,19H,4,8,10,13-14H2,1H3/t19-/m0/s1. The Morgan fingerprint density at radius 2 is 1.88 bits per heavy atom. The van der Waals surface area contributed by atoms with Crippen LogP contribution in [0, 0.1) is 5.92 Å². The number of hydrogen-bond donors (Lipinski definition) is 0. The van der Waals surface area contributed by atoms with E-state index < -0.39 is 0 Å². The van der Waals surface area contributed by atoms with Gasteiger partial charge in [-0.1, -0.05) is 41.9 Å². The molecule has 0 spiro atoms. The SMILES string of the molecule is CC(=O)c1cccc(CN2CCC[C@H](C(=O)c3cccc(Cl)c3)C2)c1. The minimum Gasteiger partial charge on any atom is -0.298 e. The molecule has 0 saturated carbocycles. The van der Waals surface area contributed by atoms with Crippen LogP contribution in [0.4, 0.5) is 0 Å². The Labute approximate surface area is 153 Å². The second-order valence-electron chi connectivity index (χ2n) is 6.71. The van der Waals surface area contributed by atoms with Crippen LogP contribution in [0.15, 0.2) is 48.5 Å². The Morgan fingerprint density at radius 1 is 1.12 bits per heavy atom. The molecular weight excluding hydrogens is 334 g/mol. The number of benzene rings is 2. The molecule has 0 unspecified atom stereocenters. The summed E-state index contributed by atoms with van der Waals surface area (Å²) < 4.78 is 0. The first-order valence-corrected chi connectivity index (χ1v) is 9.03. The van der Waals surface area contributed by atoms with Gasteiger partial charge in [-0.05, 0) is 50.1 Å². The third-order valence-electron chi connectivity index (χ3n) is 4.73. The average Bonchev–Trinajstić information content (AvgIpc) is 2.61. The monoisotopic (exact) mass is 355 g/mol. The molecule has 1 aliphatic rings. The molecule has 0 radical (unpaired) electrons. The number of likely N-dealkylation sites (tertiary alicyclic amines) is 1. The quantitative estimate of drug-likeness (QED) is 0.733. The van der Waals surface area contributed by atoms with Crippen molar-refractivity contribution in [2.75, 3.05) is 13.1 Å².